The molecule has 1 atom stereocenters. The van der Waals surface area contributed by atoms with E-state index < -0.39 is 0 Å². The van der Waals surface area contributed by atoms with Gasteiger partial charge in [0.25, 0.3) is 0 Å². The lowest BCUT2D eigenvalue weighted by atomic mass is 9.81. The minimum absolute atomic E-state index is 0.0659. The third kappa shape index (κ3) is 2.93. The molecule has 0 saturated heterocycles. The van der Waals surface area contributed by atoms with Crippen molar-refractivity contribution in [2.45, 2.75) is 58.1 Å². The number of ether oxygens (including phenoxy) is 1. The van der Waals surface area contributed by atoms with Crippen molar-refractivity contribution in [3.05, 3.63) is 29.3 Å². The van der Waals surface area contributed by atoms with Gasteiger partial charge in [-0.25, -0.2) is 0 Å². The lowest BCUT2D eigenvalue weighted by molar-refractivity contribution is 0.00198. The number of benzene rings is 1. The van der Waals surface area contributed by atoms with Crippen LogP contribution in [0.2, 0.25) is 0 Å². The minimum Gasteiger partial charge on any atom is -0.487 e. The van der Waals surface area contributed by atoms with Gasteiger partial charge in [-0.2, -0.15) is 5.48 Å². The molecule has 1 aromatic carbocycles. The van der Waals surface area contributed by atoms with E-state index in [9.17, 15) is 0 Å². The van der Waals surface area contributed by atoms with Gasteiger partial charge in [-0.15, -0.1) is 0 Å². The highest BCUT2D eigenvalue weighted by Crippen LogP contribution is 2.44. The molecular formula is C16H25NO2. The zero-order valence-electron chi connectivity index (χ0n) is 12.8. The number of rotatable bonds is 2. The summed E-state index contributed by atoms with van der Waals surface area (Å²) >= 11 is 0. The van der Waals surface area contributed by atoms with Crippen molar-refractivity contribution < 1.29 is 9.57 Å². The Hall–Kier alpha value is -1.06. The molecule has 3 nitrogen and oxygen atoms in total. The lowest BCUT2D eigenvalue weighted by Crippen LogP contribution is -2.40. The van der Waals surface area contributed by atoms with Crippen molar-refractivity contribution in [1.82, 2.24) is 5.48 Å². The fourth-order valence-electron chi connectivity index (χ4n) is 2.70. The number of para-hydroxylation sites is 1. The van der Waals surface area contributed by atoms with Crippen LogP contribution in [0.1, 0.15) is 58.2 Å². The normalized spacial score (nSPS) is 21.7. The van der Waals surface area contributed by atoms with Crippen molar-refractivity contribution in [2.24, 2.45) is 0 Å². The molecular weight excluding hydrogens is 238 g/mol. The SMILES string of the molecule is CONC1CC(C)(C)Oc2c1cccc2C(C)(C)C. The summed E-state index contributed by atoms with van der Waals surface area (Å²) in [4.78, 5) is 5.15. The van der Waals surface area contributed by atoms with Gasteiger partial charge in [-0.05, 0) is 24.8 Å². The molecule has 19 heavy (non-hydrogen) atoms. The Kier molecular flexibility index (Phi) is 3.63. The third-order valence-electron chi connectivity index (χ3n) is 3.56. The summed E-state index contributed by atoms with van der Waals surface area (Å²) in [7, 11) is 1.66. The number of hydrogen-bond acceptors (Lipinski definition) is 3. The van der Waals surface area contributed by atoms with Crippen LogP contribution in [0.25, 0.3) is 0 Å². The molecule has 1 N–H and O–H groups in total. The molecule has 1 aliphatic rings. The fraction of sp³-hybridized carbons (Fsp3) is 0.625. The molecule has 1 aromatic rings. The summed E-state index contributed by atoms with van der Waals surface area (Å²) < 4.78 is 6.26. The molecule has 1 unspecified atom stereocenters. The smallest absolute Gasteiger partial charge is 0.128 e. The predicted octanol–water partition coefficient (Wildman–Crippen LogP) is 3.74. The van der Waals surface area contributed by atoms with Crippen LogP contribution in [-0.4, -0.2) is 12.7 Å². The topological polar surface area (TPSA) is 30.5 Å². The number of nitrogens with one attached hydrogen (secondary N) is 1. The molecule has 1 heterocycles. The lowest BCUT2D eigenvalue weighted by Gasteiger charge is -2.40. The Balaban J connectivity index is 2.53. The maximum absolute atomic E-state index is 6.26. The van der Waals surface area contributed by atoms with Crippen LogP contribution in [-0.2, 0) is 10.3 Å². The first kappa shape index (κ1) is 14.4. The van der Waals surface area contributed by atoms with Crippen LogP contribution in [0.5, 0.6) is 5.75 Å². The van der Waals surface area contributed by atoms with E-state index in [0.29, 0.717) is 0 Å². The van der Waals surface area contributed by atoms with E-state index in [0.717, 1.165) is 12.2 Å². The van der Waals surface area contributed by atoms with Crippen LogP contribution in [0, 0.1) is 0 Å². The summed E-state index contributed by atoms with van der Waals surface area (Å²) in [5, 5.41) is 0. The average molecular weight is 263 g/mol. The van der Waals surface area contributed by atoms with Crippen molar-refractivity contribution in [3.8, 4) is 5.75 Å². The van der Waals surface area contributed by atoms with Gasteiger partial charge < -0.3 is 9.57 Å². The van der Waals surface area contributed by atoms with Crippen LogP contribution in [0.4, 0.5) is 0 Å². The summed E-state index contributed by atoms with van der Waals surface area (Å²) in [6, 6.07) is 6.55. The molecule has 0 spiro atoms. The quantitative estimate of drug-likeness (QED) is 0.825. The first-order chi connectivity index (χ1) is 8.74. The minimum atomic E-state index is -0.190. The molecule has 0 saturated carbocycles. The Morgan fingerprint density at radius 3 is 2.58 bits per heavy atom. The summed E-state index contributed by atoms with van der Waals surface area (Å²) in [6.45, 7) is 10.9. The van der Waals surface area contributed by atoms with Gasteiger partial charge in [0.1, 0.15) is 11.4 Å². The maximum Gasteiger partial charge on any atom is 0.128 e. The second-order valence-electron chi connectivity index (χ2n) is 6.91. The van der Waals surface area contributed by atoms with Gasteiger partial charge >= 0.3 is 0 Å². The van der Waals surface area contributed by atoms with Crippen molar-refractivity contribution >= 4 is 0 Å². The molecule has 0 aromatic heterocycles. The Morgan fingerprint density at radius 2 is 2.00 bits per heavy atom. The molecule has 106 valence electrons. The molecule has 0 bridgehead atoms. The molecule has 3 heteroatoms. The standard InChI is InChI=1S/C16H25NO2/c1-15(2,3)12-9-7-8-11-13(17-18-6)10-16(4,5)19-14(11)12/h7-9,13,17H,10H2,1-6H3. The summed E-state index contributed by atoms with van der Waals surface area (Å²) in [6.07, 6.45) is 0.890. The zero-order chi connectivity index (χ0) is 14.3. The number of fused-ring (bicyclic) bond motifs is 1. The van der Waals surface area contributed by atoms with Crippen molar-refractivity contribution in [2.75, 3.05) is 7.11 Å². The first-order valence-corrected chi connectivity index (χ1v) is 6.85. The van der Waals surface area contributed by atoms with Gasteiger partial charge in [0.05, 0.1) is 13.2 Å². The van der Waals surface area contributed by atoms with E-state index in [-0.39, 0.29) is 17.1 Å². The summed E-state index contributed by atoms with van der Waals surface area (Å²) in [5.74, 6) is 1.01. The van der Waals surface area contributed by atoms with E-state index in [1.165, 1.54) is 11.1 Å². The number of hydroxylamine groups is 1. The highest BCUT2D eigenvalue weighted by Gasteiger charge is 2.36. The molecule has 2 rings (SSSR count). The monoisotopic (exact) mass is 263 g/mol. The van der Waals surface area contributed by atoms with Crippen molar-refractivity contribution in [3.63, 3.8) is 0 Å². The second-order valence-corrected chi connectivity index (χ2v) is 6.91. The third-order valence-corrected chi connectivity index (χ3v) is 3.56. The predicted molar refractivity (Wildman–Crippen MR) is 77.4 cm³/mol. The molecule has 0 fully saturated rings. The first-order valence-electron chi connectivity index (χ1n) is 6.85. The van der Waals surface area contributed by atoms with Gasteiger partial charge in [0.2, 0.25) is 0 Å². The molecule has 1 aliphatic heterocycles. The Bertz CT molecular complexity index is 460. The van der Waals surface area contributed by atoms with Gasteiger partial charge in [0.15, 0.2) is 0 Å². The highest BCUT2D eigenvalue weighted by molar-refractivity contribution is 5.48. The van der Waals surface area contributed by atoms with Crippen LogP contribution in [0.3, 0.4) is 0 Å². The maximum atomic E-state index is 6.26. The highest BCUT2D eigenvalue weighted by atomic mass is 16.6. The van der Waals surface area contributed by atoms with Crippen LogP contribution in [0.15, 0.2) is 18.2 Å². The molecule has 0 aliphatic carbocycles. The van der Waals surface area contributed by atoms with Gasteiger partial charge in [-0.1, -0.05) is 39.0 Å². The van der Waals surface area contributed by atoms with E-state index in [1.807, 2.05) is 0 Å². The Morgan fingerprint density at radius 1 is 1.32 bits per heavy atom. The van der Waals surface area contributed by atoms with E-state index in [4.69, 9.17) is 9.57 Å². The Labute approximate surface area is 116 Å². The second kappa shape index (κ2) is 4.80. The van der Waals surface area contributed by atoms with E-state index in [2.05, 4.69) is 58.3 Å². The van der Waals surface area contributed by atoms with Gasteiger partial charge in [-0.3, -0.25) is 0 Å². The van der Waals surface area contributed by atoms with E-state index in [1.54, 1.807) is 7.11 Å². The summed E-state index contributed by atoms with van der Waals surface area (Å²) in [5.41, 5.74) is 5.41. The fourth-order valence-corrected chi connectivity index (χ4v) is 2.70. The van der Waals surface area contributed by atoms with Crippen molar-refractivity contribution in [1.29, 1.82) is 0 Å². The molecule has 0 radical (unpaired) electrons. The molecule has 0 amide bonds. The number of hydrogen-bond donors (Lipinski definition) is 1. The average Bonchev–Trinajstić information content (AvgIpc) is 2.25. The zero-order valence-corrected chi connectivity index (χ0v) is 12.8. The van der Waals surface area contributed by atoms with Crippen LogP contribution < -0.4 is 10.2 Å². The van der Waals surface area contributed by atoms with Crippen LogP contribution >= 0.6 is 0 Å². The van der Waals surface area contributed by atoms with E-state index >= 15 is 0 Å². The van der Waals surface area contributed by atoms with Gasteiger partial charge in [0, 0.05) is 12.0 Å². The largest absolute Gasteiger partial charge is 0.487 e.